The van der Waals surface area contributed by atoms with Crippen LogP contribution in [0.5, 0.6) is 0 Å². The molecule has 66 valence electrons. The van der Waals surface area contributed by atoms with E-state index in [9.17, 15) is 0 Å². The third-order valence-electron chi connectivity index (χ3n) is 1.96. The molecule has 0 aliphatic rings. The maximum atomic E-state index is 4.36. The van der Waals surface area contributed by atoms with E-state index >= 15 is 0 Å². The predicted molar refractivity (Wildman–Crippen MR) is 57.3 cm³/mol. The van der Waals surface area contributed by atoms with Gasteiger partial charge in [-0.05, 0) is 0 Å². The standard InChI is InChI=1S/C10H20N.Li/c1-3-5-7-8-10-11-9-6-4-2;/h9H,2-8,10H2,1H3;. The molecule has 0 bridgehead atoms. The molecule has 0 atom stereocenters. The van der Waals surface area contributed by atoms with Crippen LogP contribution in [0.15, 0.2) is 4.99 Å². The first-order valence-electron chi connectivity index (χ1n) is 5.40. The first-order valence-corrected chi connectivity index (χ1v) is 5.40. The molecular weight excluding hydrogens is 141 g/mol. The van der Waals surface area contributed by atoms with Crippen LogP contribution in [-0.4, -0.2) is 30.5 Å². The van der Waals surface area contributed by atoms with Gasteiger partial charge in [0, 0.05) is 0 Å². The van der Waals surface area contributed by atoms with Crippen LogP contribution in [0.4, 0.5) is 0 Å². The van der Waals surface area contributed by atoms with Crippen molar-refractivity contribution in [1.29, 1.82) is 0 Å². The van der Waals surface area contributed by atoms with Crippen LogP contribution in [0.2, 0.25) is 5.09 Å². The van der Waals surface area contributed by atoms with Gasteiger partial charge in [0.15, 0.2) is 0 Å². The molecule has 0 aromatic rings. The van der Waals surface area contributed by atoms with Gasteiger partial charge in [0.2, 0.25) is 0 Å². The van der Waals surface area contributed by atoms with Gasteiger partial charge in [-0.25, -0.2) is 0 Å². The van der Waals surface area contributed by atoms with Crippen LogP contribution in [0.3, 0.4) is 0 Å². The molecule has 0 heterocycles. The molecule has 0 saturated carbocycles. The first-order chi connectivity index (χ1) is 5.91. The molecule has 0 radical (unpaired) electrons. The third-order valence-corrected chi connectivity index (χ3v) is 1.96. The zero-order valence-corrected chi connectivity index (χ0v) is 8.68. The van der Waals surface area contributed by atoms with Crippen molar-refractivity contribution >= 4 is 23.9 Å². The van der Waals surface area contributed by atoms with E-state index in [1.54, 1.807) is 0 Å². The molecule has 2 heteroatoms. The number of aliphatic imine (C=N–C) groups is 1. The SMILES string of the molecule is [Li][CH2]CCC=NCCCCCC. The Kier molecular flexibility index (Phi) is 11.5. The minimum absolute atomic E-state index is 1.05. The fourth-order valence-corrected chi connectivity index (χ4v) is 1.11. The number of rotatable bonds is 8. The molecule has 12 heavy (non-hydrogen) atoms. The van der Waals surface area contributed by atoms with Crippen molar-refractivity contribution in [3.05, 3.63) is 0 Å². The molecule has 1 nitrogen and oxygen atoms in total. The molecule has 0 aliphatic carbocycles. The monoisotopic (exact) mass is 161 g/mol. The number of unbranched alkanes of at least 4 members (excludes halogenated alkanes) is 4. The van der Waals surface area contributed by atoms with Crippen molar-refractivity contribution in [3.63, 3.8) is 0 Å². The summed E-state index contributed by atoms with van der Waals surface area (Å²) in [5.74, 6) is 0. The van der Waals surface area contributed by atoms with Crippen LogP contribution in [0.25, 0.3) is 0 Å². The van der Waals surface area contributed by atoms with E-state index in [4.69, 9.17) is 0 Å². The Bertz CT molecular complexity index is 102. The normalized spacial score (nSPS) is 11.2. The summed E-state index contributed by atoms with van der Waals surface area (Å²) in [6, 6.07) is 0. The van der Waals surface area contributed by atoms with E-state index in [2.05, 4.69) is 35.8 Å². The van der Waals surface area contributed by atoms with Gasteiger partial charge in [0.25, 0.3) is 0 Å². The summed E-state index contributed by atoms with van der Waals surface area (Å²) in [6.45, 7) is 3.29. The molecule has 0 aromatic heterocycles. The summed E-state index contributed by atoms with van der Waals surface area (Å²) in [4.78, 5) is 4.36. The van der Waals surface area contributed by atoms with Crippen molar-refractivity contribution in [3.8, 4) is 0 Å². The van der Waals surface area contributed by atoms with Gasteiger partial charge in [-0.1, -0.05) is 0 Å². The Morgan fingerprint density at radius 1 is 1.17 bits per heavy atom. The molecule has 0 amide bonds. The molecule has 0 aromatic carbocycles. The van der Waals surface area contributed by atoms with Gasteiger partial charge in [-0.15, -0.1) is 0 Å². The maximum absolute atomic E-state index is 4.36. The second kappa shape index (κ2) is 11.3. The Labute approximate surface area is 86.2 Å². The van der Waals surface area contributed by atoms with Crippen LogP contribution in [0, 0.1) is 0 Å². The van der Waals surface area contributed by atoms with Gasteiger partial charge in [-0.3, -0.25) is 0 Å². The van der Waals surface area contributed by atoms with Gasteiger partial charge < -0.3 is 0 Å². The Balaban J connectivity index is 2.92. The quantitative estimate of drug-likeness (QED) is 0.295. The van der Waals surface area contributed by atoms with Gasteiger partial charge in [0.05, 0.1) is 0 Å². The van der Waals surface area contributed by atoms with Crippen LogP contribution >= 0.6 is 0 Å². The van der Waals surface area contributed by atoms with Crippen LogP contribution in [0.1, 0.15) is 45.4 Å². The second-order valence-electron chi connectivity index (χ2n) is 3.29. The summed E-state index contributed by atoms with van der Waals surface area (Å²) < 4.78 is 0. The molecule has 0 saturated heterocycles. The molecule has 0 fully saturated rings. The zero-order valence-electron chi connectivity index (χ0n) is 8.68. The van der Waals surface area contributed by atoms with E-state index < -0.39 is 0 Å². The van der Waals surface area contributed by atoms with Crippen molar-refractivity contribution in [1.82, 2.24) is 0 Å². The third kappa shape index (κ3) is 10.3. The molecular formula is C10H20LiN. The Morgan fingerprint density at radius 2 is 2.00 bits per heavy atom. The summed E-state index contributed by atoms with van der Waals surface area (Å²) >= 11 is 2.22. The number of hydrogen-bond acceptors (Lipinski definition) is 1. The van der Waals surface area contributed by atoms with Gasteiger partial charge in [0.1, 0.15) is 0 Å². The fraction of sp³-hybridized carbons (Fsp3) is 0.900. The van der Waals surface area contributed by atoms with Gasteiger partial charge >= 0.3 is 86.0 Å². The van der Waals surface area contributed by atoms with Gasteiger partial charge in [-0.2, -0.15) is 0 Å². The zero-order chi connectivity index (χ0) is 9.07. The summed E-state index contributed by atoms with van der Waals surface area (Å²) in [6.07, 6.45) is 9.86. The second-order valence-corrected chi connectivity index (χ2v) is 3.29. The summed E-state index contributed by atoms with van der Waals surface area (Å²) in [7, 11) is 0. The van der Waals surface area contributed by atoms with Crippen molar-refractivity contribution in [2.45, 2.75) is 50.5 Å². The average Bonchev–Trinajstić information content (AvgIpc) is 2.10. The van der Waals surface area contributed by atoms with E-state index in [0.717, 1.165) is 6.54 Å². The number of hydrogen-bond donors (Lipinski definition) is 0. The van der Waals surface area contributed by atoms with Crippen molar-refractivity contribution < 1.29 is 0 Å². The molecule has 0 rings (SSSR count). The minimum atomic E-state index is 1.05. The molecule has 0 aliphatic heterocycles. The van der Waals surface area contributed by atoms with Crippen LogP contribution in [-0.2, 0) is 0 Å². The van der Waals surface area contributed by atoms with Crippen LogP contribution < -0.4 is 0 Å². The fourth-order valence-electron chi connectivity index (χ4n) is 1.11. The van der Waals surface area contributed by atoms with E-state index in [-0.39, 0.29) is 0 Å². The Hall–Kier alpha value is 0.267. The molecule has 0 spiro atoms. The average molecular weight is 161 g/mol. The van der Waals surface area contributed by atoms with E-state index in [1.807, 2.05) is 0 Å². The number of nitrogens with zero attached hydrogens (tertiary/aromatic N) is 1. The van der Waals surface area contributed by atoms with E-state index in [0.29, 0.717) is 0 Å². The Morgan fingerprint density at radius 3 is 2.67 bits per heavy atom. The first kappa shape index (κ1) is 12.3. The molecule has 0 unspecified atom stereocenters. The van der Waals surface area contributed by atoms with E-state index in [1.165, 1.54) is 43.6 Å². The molecule has 0 N–H and O–H groups in total. The summed E-state index contributed by atoms with van der Waals surface area (Å²) in [5.41, 5.74) is 0. The summed E-state index contributed by atoms with van der Waals surface area (Å²) in [5, 5.41) is 1.28. The van der Waals surface area contributed by atoms with Crippen molar-refractivity contribution in [2.75, 3.05) is 6.54 Å². The topological polar surface area (TPSA) is 12.4 Å². The predicted octanol–water partition coefficient (Wildman–Crippen LogP) is 3.00. The van der Waals surface area contributed by atoms with Crippen molar-refractivity contribution in [2.24, 2.45) is 4.99 Å².